The Hall–Kier alpha value is -2.90. The molecule has 0 amide bonds. The van der Waals surface area contributed by atoms with E-state index in [-0.39, 0.29) is 5.60 Å². The third-order valence-electron chi connectivity index (χ3n) is 8.19. The van der Waals surface area contributed by atoms with Crippen LogP contribution in [0.1, 0.15) is 62.6 Å². The lowest BCUT2D eigenvalue weighted by atomic mass is 9.65. The first-order valence-corrected chi connectivity index (χ1v) is 12.9. The van der Waals surface area contributed by atoms with E-state index in [0.29, 0.717) is 5.92 Å². The zero-order chi connectivity index (χ0) is 23.0. The fourth-order valence-electron chi connectivity index (χ4n) is 5.56. The monoisotopic (exact) mass is 451 g/mol. The molecule has 4 nitrogen and oxygen atoms in total. The predicted octanol–water partition coefficient (Wildman–Crippen LogP) is 6.62. The van der Waals surface area contributed by atoms with E-state index >= 15 is 0 Å². The molecule has 3 fully saturated rings. The summed E-state index contributed by atoms with van der Waals surface area (Å²) in [7, 11) is 0. The first-order chi connectivity index (χ1) is 16.7. The summed E-state index contributed by atoms with van der Waals surface area (Å²) in [4.78, 5) is 0. The minimum Gasteiger partial charge on any atom is -0.368 e. The smallest absolute Gasteiger partial charge is 0.110 e. The summed E-state index contributed by atoms with van der Waals surface area (Å²) in [6, 6.07) is 25.9. The van der Waals surface area contributed by atoms with Gasteiger partial charge in [-0.25, -0.2) is 0 Å². The average Bonchev–Trinajstić information content (AvgIpc) is 3.83. The summed E-state index contributed by atoms with van der Waals surface area (Å²) in [5.74, 6) is 1.43. The van der Waals surface area contributed by atoms with Crippen LogP contribution < -0.4 is 0 Å². The average molecular weight is 452 g/mol. The fourth-order valence-corrected chi connectivity index (χ4v) is 5.56. The van der Waals surface area contributed by atoms with Crippen molar-refractivity contribution >= 4 is 0 Å². The molecule has 0 aliphatic heterocycles. The predicted molar refractivity (Wildman–Crippen MR) is 133 cm³/mol. The van der Waals surface area contributed by atoms with Crippen LogP contribution in [0.3, 0.4) is 0 Å². The van der Waals surface area contributed by atoms with Crippen molar-refractivity contribution in [2.45, 2.75) is 68.9 Å². The highest BCUT2D eigenvalue weighted by molar-refractivity contribution is 5.59. The van der Waals surface area contributed by atoms with E-state index in [1.54, 1.807) is 0 Å². The van der Waals surface area contributed by atoms with Crippen molar-refractivity contribution in [3.63, 3.8) is 0 Å². The molecule has 0 radical (unpaired) electrons. The maximum Gasteiger partial charge on any atom is 0.110 e. The zero-order valence-electron chi connectivity index (χ0n) is 19.8. The number of benzene rings is 2. The summed E-state index contributed by atoms with van der Waals surface area (Å²) in [6.07, 6.45) is 8.47. The second-order valence-electron chi connectivity index (χ2n) is 10.7. The molecular formula is C30H33N3O. The number of hydrogen-bond acceptors (Lipinski definition) is 3. The van der Waals surface area contributed by atoms with Crippen molar-refractivity contribution in [1.82, 2.24) is 9.78 Å². The Morgan fingerprint density at radius 1 is 0.882 bits per heavy atom. The Balaban J connectivity index is 1.37. The van der Waals surface area contributed by atoms with Gasteiger partial charge < -0.3 is 4.74 Å². The van der Waals surface area contributed by atoms with E-state index in [1.807, 2.05) is 6.07 Å². The molecule has 0 spiro atoms. The van der Waals surface area contributed by atoms with Crippen LogP contribution in [0.2, 0.25) is 0 Å². The van der Waals surface area contributed by atoms with Gasteiger partial charge in [-0.3, -0.25) is 4.68 Å². The SMILES string of the molecule is N#C[C@]1(c2ccccc2)CC[C@@](OCC2CC2)(c2cc(-c3ccccc3)nn2CC2CC2)CC1. The zero-order valence-corrected chi connectivity index (χ0v) is 19.8. The van der Waals surface area contributed by atoms with Gasteiger partial charge in [0, 0.05) is 12.1 Å². The Bertz CT molecular complexity index is 1160. The number of hydrogen-bond donors (Lipinski definition) is 0. The lowest BCUT2D eigenvalue weighted by molar-refractivity contribution is -0.0936. The van der Waals surface area contributed by atoms with Crippen LogP contribution in [-0.4, -0.2) is 16.4 Å². The first kappa shape index (κ1) is 21.6. The van der Waals surface area contributed by atoms with Gasteiger partial charge in [0.15, 0.2) is 0 Å². The van der Waals surface area contributed by atoms with Crippen molar-refractivity contribution in [3.05, 3.63) is 78.0 Å². The molecular weight excluding hydrogens is 418 g/mol. The minimum atomic E-state index is -0.433. The van der Waals surface area contributed by atoms with Gasteiger partial charge in [-0.2, -0.15) is 10.4 Å². The van der Waals surface area contributed by atoms with Crippen LogP contribution in [0.25, 0.3) is 11.3 Å². The molecule has 2 aromatic carbocycles. The summed E-state index contributed by atoms with van der Waals surface area (Å²) in [5.41, 5.74) is 3.75. The lowest BCUT2D eigenvalue weighted by Gasteiger charge is -2.44. The Morgan fingerprint density at radius 3 is 2.15 bits per heavy atom. The van der Waals surface area contributed by atoms with E-state index in [0.717, 1.165) is 61.6 Å². The van der Waals surface area contributed by atoms with Crippen molar-refractivity contribution in [3.8, 4) is 17.3 Å². The highest BCUT2D eigenvalue weighted by Crippen LogP contribution is 2.50. The molecule has 0 saturated heterocycles. The molecule has 0 unspecified atom stereocenters. The molecule has 3 aliphatic carbocycles. The van der Waals surface area contributed by atoms with Gasteiger partial charge in [-0.1, -0.05) is 60.7 Å². The van der Waals surface area contributed by atoms with E-state index < -0.39 is 5.41 Å². The van der Waals surface area contributed by atoms with Crippen LogP contribution in [0.4, 0.5) is 0 Å². The Morgan fingerprint density at radius 2 is 1.53 bits per heavy atom. The molecule has 4 heteroatoms. The topological polar surface area (TPSA) is 50.8 Å². The van der Waals surface area contributed by atoms with Crippen LogP contribution in [0, 0.1) is 23.2 Å². The third-order valence-corrected chi connectivity index (χ3v) is 8.19. The van der Waals surface area contributed by atoms with Gasteiger partial charge in [-0.05, 0) is 74.8 Å². The highest BCUT2D eigenvalue weighted by atomic mass is 16.5. The molecule has 3 aliphatic rings. The maximum atomic E-state index is 10.3. The third kappa shape index (κ3) is 4.18. The van der Waals surface area contributed by atoms with Gasteiger partial charge in [0.05, 0.1) is 29.5 Å². The van der Waals surface area contributed by atoms with Crippen LogP contribution in [0.5, 0.6) is 0 Å². The molecule has 34 heavy (non-hydrogen) atoms. The Kier molecular flexibility index (Phi) is 5.54. The number of aromatic nitrogens is 2. The van der Waals surface area contributed by atoms with E-state index in [4.69, 9.17) is 9.84 Å². The van der Waals surface area contributed by atoms with Crippen molar-refractivity contribution < 1.29 is 4.74 Å². The molecule has 3 saturated carbocycles. The summed E-state index contributed by atoms with van der Waals surface area (Å²) >= 11 is 0. The number of nitriles is 1. The molecule has 174 valence electrons. The van der Waals surface area contributed by atoms with Crippen LogP contribution in [0.15, 0.2) is 66.7 Å². The molecule has 1 aromatic heterocycles. The van der Waals surface area contributed by atoms with E-state index in [2.05, 4.69) is 71.4 Å². The summed E-state index contributed by atoms with van der Waals surface area (Å²) in [6.45, 7) is 1.79. The molecule has 0 bridgehead atoms. The number of ether oxygens (including phenoxy) is 1. The van der Waals surface area contributed by atoms with Gasteiger partial charge in [0.2, 0.25) is 0 Å². The van der Waals surface area contributed by atoms with Gasteiger partial charge in [0.25, 0.3) is 0 Å². The van der Waals surface area contributed by atoms with Crippen molar-refractivity contribution in [2.24, 2.45) is 11.8 Å². The molecule has 3 aromatic rings. The number of nitrogens with zero attached hydrogens (tertiary/aromatic N) is 3. The van der Waals surface area contributed by atoms with E-state index in [1.165, 1.54) is 31.4 Å². The molecule has 6 rings (SSSR count). The van der Waals surface area contributed by atoms with Gasteiger partial charge >= 0.3 is 0 Å². The maximum absolute atomic E-state index is 10.3. The number of rotatable bonds is 8. The molecule has 0 atom stereocenters. The quantitative estimate of drug-likeness (QED) is 0.387. The second-order valence-corrected chi connectivity index (χ2v) is 10.7. The van der Waals surface area contributed by atoms with Gasteiger partial charge in [-0.15, -0.1) is 0 Å². The van der Waals surface area contributed by atoms with Crippen molar-refractivity contribution in [1.29, 1.82) is 5.26 Å². The fraction of sp³-hybridized carbons (Fsp3) is 0.467. The molecule has 1 heterocycles. The largest absolute Gasteiger partial charge is 0.368 e. The van der Waals surface area contributed by atoms with Gasteiger partial charge in [0.1, 0.15) is 5.60 Å². The molecule has 0 N–H and O–H groups in total. The first-order valence-electron chi connectivity index (χ1n) is 12.9. The summed E-state index contributed by atoms with van der Waals surface area (Å²) < 4.78 is 9.13. The van der Waals surface area contributed by atoms with Crippen LogP contribution in [-0.2, 0) is 22.3 Å². The van der Waals surface area contributed by atoms with E-state index in [9.17, 15) is 5.26 Å². The van der Waals surface area contributed by atoms with Crippen molar-refractivity contribution in [2.75, 3.05) is 6.61 Å². The Labute approximate surface area is 202 Å². The minimum absolute atomic E-state index is 0.368. The van der Waals surface area contributed by atoms with Crippen LogP contribution >= 0.6 is 0 Å². The second kappa shape index (κ2) is 8.71. The lowest BCUT2D eigenvalue weighted by Crippen LogP contribution is -2.42. The summed E-state index contributed by atoms with van der Waals surface area (Å²) in [5, 5.41) is 15.4. The standard InChI is InChI=1S/C30H33N3O/c31-22-29(26-9-5-2-6-10-26)15-17-30(18-16-29,34-21-24-13-14-24)28-19-27(25-7-3-1-4-8-25)32-33(28)20-23-11-12-23/h1-10,19,23-24H,11-18,20-21H2/t29-,30-. The highest BCUT2D eigenvalue weighted by Gasteiger charge is 2.48. The normalized spacial score (nSPS) is 26.8.